The molecule has 30 heavy (non-hydrogen) atoms. The number of ether oxygens (including phenoxy) is 1. The quantitative estimate of drug-likeness (QED) is 0.723. The lowest BCUT2D eigenvalue weighted by atomic mass is 9.84. The molecule has 1 aromatic rings. The molecule has 2 aliphatic heterocycles. The van der Waals surface area contributed by atoms with Crippen molar-refractivity contribution in [3.8, 4) is 0 Å². The lowest BCUT2D eigenvalue weighted by molar-refractivity contribution is -0.148. The van der Waals surface area contributed by atoms with Gasteiger partial charge in [0.1, 0.15) is 5.60 Å². The van der Waals surface area contributed by atoms with Crippen molar-refractivity contribution in [2.24, 2.45) is 5.92 Å². The number of piperidine rings is 1. The molecule has 1 amide bonds. The van der Waals surface area contributed by atoms with Crippen LogP contribution in [0.3, 0.4) is 0 Å². The van der Waals surface area contributed by atoms with Crippen LogP contribution in [0, 0.1) is 5.92 Å². The third-order valence-corrected chi connectivity index (χ3v) is 7.06. The summed E-state index contributed by atoms with van der Waals surface area (Å²) in [5.41, 5.74) is 2.30. The van der Waals surface area contributed by atoms with E-state index in [-0.39, 0.29) is 11.9 Å². The molecule has 3 aliphatic rings. The number of hydrogen-bond acceptors (Lipinski definition) is 4. The summed E-state index contributed by atoms with van der Waals surface area (Å²) in [6.45, 7) is 7.32. The smallest absolute Gasteiger partial charge is 0.335 e. The van der Waals surface area contributed by atoms with Gasteiger partial charge in [0.25, 0.3) is 5.91 Å². The van der Waals surface area contributed by atoms with E-state index in [1.54, 1.807) is 6.92 Å². The topological polar surface area (TPSA) is 58.6 Å². The standard InChI is InChI=1S/C25H34N2O3/c1-18-11-15-27(16-12-18)17-20-7-9-21(10-8-20)26-23(28)22-19(2)24(29)30-25(22)13-5-3-4-6-14-25/h7-10,18H,3-6,11-17H2,1-2H3,(H,26,28). The zero-order valence-corrected chi connectivity index (χ0v) is 18.3. The number of likely N-dealkylation sites (tertiary alicyclic amines) is 1. The van der Waals surface area contributed by atoms with Crippen LogP contribution in [0.1, 0.15) is 70.8 Å². The molecule has 2 fully saturated rings. The Morgan fingerprint density at radius 2 is 1.73 bits per heavy atom. The van der Waals surface area contributed by atoms with Gasteiger partial charge >= 0.3 is 5.97 Å². The Labute approximate surface area is 179 Å². The second-order valence-corrected chi connectivity index (χ2v) is 9.41. The number of benzene rings is 1. The van der Waals surface area contributed by atoms with E-state index in [1.807, 2.05) is 12.1 Å². The summed E-state index contributed by atoms with van der Waals surface area (Å²) in [6.07, 6.45) is 8.26. The maximum Gasteiger partial charge on any atom is 0.335 e. The highest BCUT2D eigenvalue weighted by Crippen LogP contribution is 2.43. The largest absolute Gasteiger partial charge is 0.451 e. The molecule has 1 N–H and O–H groups in total. The number of anilines is 1. The number of hydrogen-bond donors (Lipinski definition) is 1. The van der Waals surface area contributed by atoms with Crippen molar-refractivity contribution >= 4 is 17.6 Å². The van der Waals surface area contributed by atoms with E-state index < -0.39 is 5.60 Å². The Bertz CT molecular complexity index is 811. The maximum atomic E-state index is 13.2. The fourth-order valence-electron chi connectivity index (χ4n) is 5.14. The van der Waals surface area contributed by atoms with Crippen LogP contribution in [0.15, 0.2) is 35.4 Å². The number of carbonyl (C=O) groups excluding carboxylic acids is 2. The van der Waals surface area contributed by atoms with E-state index in [9.17, 15) is 9.59 Å². The van der Waals surface area contributed by atoms with Gasteiger partial charge in [-0.1, -0.05) is 31.9 Å². The second-order valence-electron chi connectivity index (χ2n) is 9.41. The monoisotopic (exact) mass is 410 g/mol. The Hall–Kier alpha value is -2.14. The zero-order valence-electron chi connectivity index (χ0n) is 18.3. The first kappa shape index (κ1) is 21.1. The first-order valence-electron chi connectivity index (χ1n) is 11.5. The van der Waals surface area contributed by atoms with Crippen molar-refractivity contribution < 1.29 is 14.3 Å². The Balaban J connectivity index is 1.43. The van der Waals surface area contributed by atoms with Gasteiger partial charge < -0.3 is 10.1 Å². The highest BCUT2D eigenvalue weighted by atomic mass is 16.6. The molecule has 2 heterocycles. The van der Waals surface area contributed by atoms with Crippen molar-refractivity contribution in [3.63, 3.8) is 0 Å². The van der Waals surface area contributed by atoms with Crippen LogP contribution < -0.4 is 5.32 Å². The van der Waals surface area contributed by atoms with E-state index in [0.29, 0.717) is 11.1 Å². The molecule has 1 spiro atoms. The number of amides is 1. The minimum Gasteiger partial charge on any atom is -0.451 e. The molecule has 0 unspecified atom stereocenters. The molecule has 162 valence electrons. The fourth-order valence-corrected chi connectivity index (χ4v) is 5.14. The summed E-state index contributed by atoms with van der Waals surface area (Å²) < 4.78 is 5.79. The van der Waals surface area contributed by atoms with Gasteiger partial charge in [0.15, 0.2) is 0 Å². The van der Waals surface area contributed by atoms with Gasteiger partial charge in [-0.25, -0.2) is 4.79 Å². The predicted octanol–water partition coefficient (Wildman–Crippen LogP) is 4.82. The predicted molar refractivity (Wildman–Crippen MR) is 118 cm³/mol. The highest BCUT2D eigenvalue weighted by molar-refractivity contribution is 6.12. The SMILES string of the molecule is CC1=C(C(=O)Nc2ccc(CN3CCC(C)CC3)cc2)C2(CCCCCC2)OC1=O. The van der Waals surface area contributed by atoms with E-state index in [2.05, 4.69) is 29.3 Å². The average molecular weight is 411 g/mol. The molecular weight excluding hydrogens is 376 g/mol. The van der Waals surface area contributed by atoms with Gasteiger partial charge in [-0.2, -0.15) is 0 Å². The summed E-state index contributed by atoms with van der Waals surface area (Å²) >= 11 is 0. The Kier molecular flexibility index (Phi) is 6.28. The van der Waals surface area contributed by atoms with Crippen LogP contribution in [0.5, 0.6) is 0 Å². The third-order valence-electron chi connectivity index (χ3n) is 7.06. The average Bonchev–Trinajstić information content (AvgIpc) is 2.86. The molecular formula is C25H34N2O3. The van der Waals surface area contributed by atoms with Crippen LogP contribution in [0.2, 0.25) is 0 Å². The van der Waals surface area contributed by atoms with Crippen molar-refractivity contribution in [2.45, 2.75) is 77.4 Å². The van der Waals surface area contributed by atoms with Gasteiger partial charge in [-0.15, -0.1) is 0 Å². The zero-order chi connectivity index (χ0) is 21.1. The molecule has 1 saturated heterocycles. The first-order chi connectivity index (χ1) is 14.5. The lowest BCUT2D eigenvalue weighted by Crippen LogP contribution is -2.36. The highest BCUT2D eigenvalue weighted by Gasteiger charge is 2.49. The number of rotatable bonds is 4. The van der Waals surface area contributed by atoms with Gasteiger partial charge in [-0.05, 0) is 82.2 Å². The summed E-state index contributed by atoms with van der Waals surface area (Å²) in [5, 5.41) is 3.02. The van der Waals surface area contributed by atoms with E-state index in [0.717, 1.165) is 69.8 Å². The van der Waals surface area contributed by atoms with Gasteiger partial charge in [0.05, 0.1) is 5.57 Å². The van der Waals surface area contributed by atoms with Crippen LogP contribution in [0.25, 0.3) is 0 Å². The summed E-state index contributed by atoms with van der Waals surface area (Å²) in [6, 6.07) is 8.11. The molecule has 1 saturated carbocycles. The Morgan fingerprint density at radius 1 is 1.10 bits per heavy atom. The molecule has 5 heteroatoms. The minimum atomic E-state index is -0.729. The molecule has 1 aromatic carbocycles. The minimum absolute atomic E-state index is 0.196. The first-order valence-corrected chi connectivity index (χ1v) is 11.5. The van der Waals surface area contributed by atoms with Gasteiger partial charge in [0, 0.05) is 17.8 Å². The summed E-state index contributed by atoms with van der Waals surface area (Å²) in [7, 11) is 0. The Morgan fingerprint density at radius 3 is 2.37 bits per heavy atom. The van der Waals surface area contributed by atoms with Crippen molar-refractivity contribution in [2.75, 3.05) is 18.4 Å². The van der Waals surface area contributed by atoms with E-state index in [4.69, 9.17) is 4.74 Å². The molecule has 4 rings (SSSR count). The fraction of sp³-hybridized carbons (Fsp3) is 0.600. The van der Waals surface area contributed by atoms with Crippen LogP contribution in [-0.4, -0.2) is 35.5 Å². The van der Waals surface area contributed by atoms with Crippen molar-refractivity contribution in [1.29, 1.82) is 0 Å². The molecule has 0 radical (unpaired) electrons. The van der Waals surface area contributed by atoms with Crippen LogP contribution >= 0.6 is 0 Å². The number of esters is 1. The number of nitrogens with zero attached hydrogens (tertiary/aromatic N) is 1. The van der Waals surface area contributed by atoms with Crippen LogP contribution in [0.4, 0.5) is 5.69 Å². The summed E-state index contributed by atoms with van der Waals surface area (Å²) in [4.78, 5) is 28.0. The number of carbonyl (C=O) groups is 2. The molecule has 0 bridgehead atoms. The maximum absolute atomic E-state index is 13.2. The molecule has 1 aliphatic carbocycles. The summed E-state index contributed by atoms with van der Waals surface area (Å²) in [5.74, 6) is 0.297. The third kappa shape index (κ3) is 4.46. The number of nitrogens with one attached hydrogen (secondary N) is 1. The van der Waals surface area contributed by atoms with Crippen molar-refractivity contribution in [1.82, 2.24) is 4.90 Å². The van der Waals surface area contributed by atoms with Gasteiger partial charge in [0.2, 0.25) is 0 Å². The normalized spacial score (nSPS) is 22.8. The van der Waals surface area contributed by atoms with E-state index >= 15 is 0 Å². The van der Waals surface area contributed by atoms with Gasteiger partial charge in [-0.3, -0.25) is 9.69 Å². The molecule has 5 nitrogen and oxygen atoms in total. The van der Waals surface area contributed by atoms with Crippen molar-refractivity contribution in [3.05, 3.63) is 41.0 Å². The second kappa shape index (κ2) is 8.93. The van der Waals surface area contributed by atoms with Crippen LogP contribution in [-0.2, 0) is 20.9 Å². The molecule has 0 atom stereocenters. The lowest BCUT2D eigenvalue weighted by Gasteiger charge is -2.30. The van der Waals surface area contributed by atoms with E-state index in [1.165, 1.54) is 18.4 Å². The molecule has 0 aromatic heterocycles.